The number of halogens is 1. The monoisotopic (exact) mass is 440 g/mol. The summed E-state index contributed by atoms with van der Waals surface area (Å²) in [5, 5.41) is 3.00. The average Bonchev–Trinajstić information content (AvgIpc) is 2.73. The first-order valence-corrected chi connectivity index (χ1v) is 11.7. The largest absolute Gasteiger partial charge is 0.343 e. The summed E-state index contributed by atoms with van der Waals surface area (Å²) >= 11 is 0. The third-order valence-electron chi connectivity index (χ3n) is 5.09. The number of hydrogen-bond donors (Lipinski definition) is 1. The molecule has 0 aliphatic rings. The highest BCUT2D eigenvalue weighted by Gasteiger charge is 2.31. The van der Waals surface area contributed by atoms with Crippen LogP contribution in [0.15, 0.2) is 78.9 Å². The normalized spacial score (nSPS) is 13.3. The summed E-state index contributed by atoms with van der Waals surface area (Å²) in [6.45, 7) is 3.47. The van der Waals surface area contributed by atoms with E-state index in [1.807, 2.05) is 61.5 Å². The molecule has 3 rings (SSSR count). The number of rotatable bonds is 7. The minimum atomic E-state index is -3.80. The molecule has 31 heavy (non-hydrogen) atoms. The Hall–Kier alpha value is -3.19. The number of nitrogens with zero attached hydrogens (tertiary/aromatic N) is 1. The summed E-state index contributed by atoms with van der Waals surface area (Å²) in [6.07, 6.45) is 1.02. The van der Waals surface area contributed by atoms with Crippen LogP contribution in [-0.2, 0) is 14.8 Å². The second-order valence-electron chi connectivity index (χ2n) is 7.42. The maximum Gasteiger partial charge on any atom is 0.244 e. The molecule has 0 saturated heterocycles. The molecule has 162 valence electrons. The first kappa shape index (κ1) is 22.5. The molecular weight excluding hydrogens is 415 g/mol. The van der Waals surface area contributed by atoms with Gasteiger partial charge in [0.1, 0.15) is 11.9 Å². The molecule has 0 unspecified atom stereocenters. The molecule has 1 N–H and O–H groups in total. The van der Waals surface area contributed by atoms with Crippen molar-refractivity contribution in [2.75, 3.05) is 10.6 Å². The first-order valence-electron chi connectivity index (χ1n) is 9.84. The van der Waals surface area contributed by atoms with Gasteiger partial charge in [-0.1, -0.05) is 54.6 Å². The molecular formula is C24H25FN2O3S. The van der Waals surface area contributed by atoms with Crippen molar-refractivity contribution in [1.29, 1.82) is 0 Å². The van der Waals surface area contributed by atoms with Gasteiger partial charge in [0.2, 0.25) is 15.9 Å². The van der Waals surface area contributed by atoms with Gasteiger partial charge in [-0.15, -0.1) is 0 Å². The van der Waals surface area contributed by atoms with E-state index in [2.05, 4.69) is 5.32 Å². The van der Waals surface area contributed by atoms with E-state index in [0.717, 1.165) is 39.4 Å². The summed E-state index contributed by atoms with van der Waals surface area (Å²) in [5.41, 5.74) is 3.02. The van der Waals surface area contributed by atoms with Gasteiger partial charge >= 0.3 is 0 Å². The molecule has 3 aromatic carbocycles. The molecule has 0 aliphatic heterocycles. The number of benzene rings is 3. The topological polar surface area (TPSA) is 66.5 Å². The van der Waals surface area contributed by atoms with Crippen molar-refractivity contribution in [3.63, 3.8) is 0 Å². The predicted molar refractivity (Wildman–Crippen MR) is 121 cm³/mol. The van der Waals surface area contributed by atoms with Crippen LogP contribution in [0.4, 0.5) is 10.1 Å². The molecule has 0 fully saturated rings. The number of aryl methyl sites for hydroxylation is 1. The molecule has 0 heterocycles. The maximum atomic E-state index is 13.3. The van der Waals surface area contributed by atoms with E-state index in [1.54, 1.807) is 0 Å². The number of hydrogen-bond acceptors (Lipinski definition) is 3. The van der Waals surface area contributed by atoms with E-state index in [4.69, 9.17) is 0 Å². The SMILES string of the molecule is Cc1ccccc1[C@@H](NC(=O)[C@H](C)N(c1ccc(F)cc1)S(C)(=O)=O)c1ccccc1. The Morgan fingerprint density at radius 2 is 1.52 bits per heavy atom. The second-order valence-corrected chi connectivity index (χ2v) is 9.28. The van der Waals surface area contributed by atoms with Crippen LogP contribution in [0.25, 0.3) is 0 Å². The second kappa shape index (κ2) is 9.31. The van der Waals surface area contributed by atoms with E-state index in [1.165, 1.54) is 19.1 Å². The minimum Gasteiger partial charge on any atom is -0.343 e. The fourth-order valence-corrected chi connectivity index (χ4v) is 4.73. The molecule has 0 aliphatic carbocycles. The van der Waals surface area contributed by atoms with Crippen molar-refractivity contribution in [3.05, 3.63) is 101 Å². The molecule has 0 radical (unpaired) electrons. The number of carbonyl (C=O) groups is 1. The highest BCUT2D eigenvalue weighted by atomic mass is 32.2. The van der Waals surface area contributed by atoms with Crippen LogP contribution < -0.4 is 9.62 Å². The molecule has 1 amide bonds. The standard InChI is InChI=1S/C24H25FN2O3S/c1-17-9-7-8-12-22(17)23(19-10-5-4-6-11-19)26-24(28)18(2)27(31(3,29)30)21-15-13-20(25)14-16-21/h4-16,18,23H,1-3H3,(H,26,28)/t18-,23-/m0/s1. The lowest BCUT2D eigenvalue weighted by atomic mass is 9.94. The smallest absolute Gasteiger partial charge is 0.244 e. The van der Waals surface area contributed by atoms with Crippen molar-refractivity contribution in [3.8, 4) is 0 Å². The van der Waals surface area contributed by atoms with Crippen molar-refractivity contribution < 1.29 is 17.6 Å². The lowest BCUT2D eigenvalue weighted by Crippen LogP contribution is -2.48. The van der Waals surface area contributed by atoms with Crippen molar-refractivity contribution >= 4 is 21.6 Å². The number of amides is 1. The van der Waals surface area contributed by atoms with E-state index in [0.29, 0.717) is 0 Å². The van der Waals surface area contributed by atoms with Gasteiger partial charge in [-0.2, -0.15) is 0 Å². The summed E-state index contributed by atoms with van der Waals surface area (Å²) in [4.78, 5) is 13.2. The van der Waals surface area contributed by atoms with Gasteiger partial charge < -0.3 is 5.32 Å². The van der Waals surface area contributed by atoms with Crippen LogP contribution in [0.2, 0.25) is 0 Å². The van der Waals surface area contributed by atoms with E-state index in [-0.39, 0.29) is 5.69 Å². The minimum absolute atomic E-state index is 0.221. The Labute approximate surface area is 182 Å². The van der Waals surface area contributed by atoms with E-state index < -0.39 is 33.8 Å². The number of sulfonamides is 1. The summed E-state index contributed by atoms with van der Waals surface area (Å²) in [7, 11) is -3.80. The molecule has 7 heteroatoms. The lowest BCUT2D eigenvalue weighted by molar-refractivity contribution is -0.122. The Bertz CT molecular complexity index is 1150. The van der Waals surface area contributed by atoms with Gasteiger partial charge in [-0.25, -0.2) is 12.8 Å². The molecule has 0 bridgehead atoms. The Morgan fingerprint density at radius 1 is 0.935 bits per heavy atom. The quantitative estimate of drug-likeness (QED) is 0.599. The van der Waals surface area contributed by atoms with Crippen LogP contribution in [0.5, 0.6) is 0 Å². The third kappa shape index (κ3) is 5.30. The van der Waals surface area contributed by atoms with Crippen molar-refractivity contribution in [1.82, 2.24) is 5.32 Å². The van der Waals surface area contributed by atoms with Gasteiger partial charge in [-0.3, -0.25) is 9.10 Å². The predicted octanol–water partition coefficient (Wildman–Crippen LogP) is 4.19. The van der Waals surface area contributed by atoms with Gasteiger partial charge in [0.15, 0.2) is 0 Å². The summed E-state index contributed by atoms with van der Waals surface area (Å²) < 4.78 is 39.3. The van der Waals surface area contributed by atoms with Gasteiger partial charge in [-0.05, 0) is 54.8 Å². The van der Waals surface area contributed by atoms with Crippen LogP contribution in [0.1, 0.15) is 29.7 Å². The van der Waals surface area contributed by atoms with Gasteiger partial charge in [0.05, 0.1) is 18.0 Å². The Kier molecular flexibility index (Phi) is 6.75. The van der Waals surface area contributed by atoms with Crippen LogP contribution >= 0.6 is 0 Å². The van der Waals surface area contributed by atoms with Crippen molar-refractivity contribution in [2.24, 2.45) is 0 Å². The van der Waals surface area contributed by atoms with Gasteiger partial charge in [0, 0.05) is 0 Å². The van der Waals surface area contributed by atoms with E-state index in [9.17, 15) is 17.6 Å². The van der Waals surface area contributed by atoms with Crippen LogP contribution in [0.3, 0.4) is 0 Å². The zero-order valence-corrected chi connectivity index (χ0v) is 18.4. The molecule has 3 aromatic rings. The zero-order valence-electron chi connectivity index (χ0n) is 17.6. The van der Waals surface area contributed by atoms with Crippen LogP contribution in [0, 0.1) is 12.7 Å². The Morgan fingerprint density at radius 3 is 2.10 bits per heavy atom. The van der Waals surface area contributed by atoms with Gasteiger partial charge in [0.25, 0.3) is 0 Å². The first-order chi connectivity index (χ1) is 14.7. The summed E-state index contributed by atoms with van der Waals surface area (Å²) in [6, 6.07) is 20.7. The van der Waals surface area contributed by atoms with E-state index >= 15 is 0 Å². The highest BCUT2D eigenvalue weighted by Crippen LogP contribution is 2.26. The number of carbonyl (C=O) groups excluding carboxylic acids is 1. The number of nitrogens with one attached hydrogen (secondary N) is 1. The maximum absolute atomic E-state index is 13.3. The highest BCUT2D eigenvalue weighted by molar-refractivity contribution is 7.92. The summed E-state index contributed by atoms with van der Waals surface area (Å²) in [5.74, 6) is -0.954. The molecule has 5 nitrogen and oxygen atoms in total. The molecule has 0 spiro atoms. The molecule has 0 aromatic heterocycles. The average molecular weight is 441 g/mol. The molecule has 2 atom stereocenters. The Balaban J connectivity index is 1.96. The van der Waals surface area contributed by atoms with Crippen LogP contribution in [-0.4, -0.2) is 26.6 Å². The fourth-order valence-electron chi connectivity index (χ4n) is 3.56. The number of anilines is 1. The lowest BCUT2D eigenvalue weighted by Gasteiger charge is -2.30. The fraction of sp³-hybridized carbons (Fsp3) is 0.208. The molecule has 0 saturated carbocycles. The zero-order chi connectivity index (χ0) is 22.6. The van der Waals surface area contributed by atoms with Crippen molar-refractivity contribution in [2.45, 2.75) is 25.9 Å². The third-order valence-corrected chi connectivity index (χ3v) is 6.33.